The summed E-state index contributed by atoms with van der Waals surface area (Å²) in [5.41, 5.74) is 9.91. The highest BCUT2D eigenvalue weighted by Crippen LogP contribution is 2.25. The molecule has 7 nitrogen and oxygen atoms in total. The van der Waals surface area contributed by atoms with Crippen LogP contribution in [-0.2, 0) is 10.0 Å². The van der Waals surface area contributed by atoms with Crippen molar-refractivity contribution in [3.63, 3.8) is 0 Å². The van der Waals surface area contributed by atoms with E-state index in [1.54, 1.807) is 60.8 Å². The van der Waals surface area contributed by atoms with Gasteiger partial charge in [0.25, 0.3) is 15.9 Å². The van der Waals surface area contributed by atoms with Crippen LogP contribution in [0.1, 0.15) is 38.4 Å². The number of anilines is 1. The number of amides is 1. The van der Waals surface area contributed by atoms with Crippen LogP contribution in [0, 0.1) is 27.7 Å². The zero-order valence-corrected chi connectivity index (χ0v) is 22.4. The van der Waals surface area contributed by atoms with E-state index >= 15 is 0 Å². The molecule has 0 unspecified atom stereocenters. The van der Waals surface area contributed by atoms with E-state index < -0.39 is 10.0 Å². The number of nitrogens with one attached hydrogen (secondary N) is 1. The Labute approximate surface area is 218 Å². The average Bonchev–Trinajstić information content (AvgIpc) is 3.16. The lowest BCUT2D eigenvalue weighted by Crippen LogP contribution is -2.26. The van der Waals surface area contributed by atoms with Crippen LogP contribution < -0.4 is 9.73 Å². The molecule has 1 heterocycles. The van der Waals surface area contributed by atoms with Crippen LogP contribution in [0.5, 0.6) is 0 Å². The third-order valence-electron chi connectivity index (χ3n) is 6.40. The van der Waals surface area contributed by atoms with Crippen molar-refractivity contribution in [3.05, 3.63) is 113 Å². The summed E-state index contributed by atoms with van der Waals surface area (Å²) < 4.78 is 29.1. The molecule has 1 amide bonds. The van der Waals surface area contributed by atoms with E-state index in [0.29, 0.717) is 11.3 Å². The Hall–Kier alpha value is -4.17. The molecule has 0 saturated carbocycles. The third kappa shape index (κ3) is 5.20. The Kier molecular flexibility index (Phi) is 7.31. The van der Waals surface area contributed by atoms with Gasteiger partial charge in [-0.25, -0.2) is 13.8 Å². The highest BCUT2D eigenvalue weighted by molar-refractivity contribution is 7.92. The predicted octanol–water partition coefficient (Wildman–Crippen LogP) is 5.30. The normalized spacial score (nSPS) is 11.6. The fourth-order valence-electron chi connectivity index (χ4n) is 4.36. The molecule has 4 rings (SSSR count). The Morgan fingerprint density at radius 2 is 1.51 bits per heavy atom. The summed E-state index contributed by atoms with van der Waals surface area (Å²) in [6.45, 7) is 8.26. The van der Waals surface area contributed by atoms with Crippen LogP contribution in [-0.4, -0.2) is 32.2 Å². The van der Waals surface area contributed by atoms with Crippen LogP contribution in [0.15, 0.2) is 88.9 Å². The molecule has 0 radical (unpaired) electrons. The molecule has 1 aromatic heterocycles. The van der Waals surface area contributed by atoms with Gasteiger partial charge in [-0.05, 0) is 81.3 Å². The van der Waals surface area contributed by atoms with Crippen molar-refractivity contribution in [1.29, 1.82) is 0 Å². The number of sulfonamides is 1. The molecule has 37 heavy (non-hydrogen) atoms. The Morgan fingerprint density at radius 1 is 0.892 bits per heavy atom. The molecular weight excluding hydrogens is 484 g/mol. The molecule has 1 N–H and O–H groups in total. The molecule has 0 aliphatic rings. The average molecular weight is 515 g/mol. The first-order chi connectivity index (χ1) is 17.6. The van der Waals surface area contributed by atoms with Crippen LogP contribution in [0.4, 0.5) is 5.69 Å². The Bertz CT molecular complexity index is 1550. The number of hydrogen-bond donors (Lipinski definition) is 1. The number of hydrazone groups is 1. The van der Waals surface area contributed by atoms with E-state index in [2.05, 4.69) is 41.1 Å². The summed E-state index contributed by atoms with van der Waals surface area (Å²) in [5.74, 6) is -0.389. The summed E-state index contributed by atoms with van der Waals surface area (Å²) in [7, 11) is -2.21. The minimum absolute atomic E-state index is 0.200. The molecule has 3 aromatic carbocycles. The standard InChI is InChI=1S/C29H30N4O3S/c1-20-10-9-11-21(2)28(20)33-22(3)18-25(23(33)4)19-30-31-29(34)24-14-16-26(17-15-24)32(5)37(35,36)27-12-7-6-8-13-27/h6-19H,1-5H3,(H,31,34)/b30-19-. The van der Waals surface area contributed by atoms with Gasteiger partial charge in [-0.1, -0.05) is 36.4 Å². The van der Waals surface area contributed by atoms with Gasteiger partial charge in [0.05, 0.1) is 22.5 Å². The molecule has 8 heteroatoms. The second-order valence-electron chi connectivity index (χ2n) is 8.93. The highest BCUT2D eigenvalue weighted by Gasteiger charge is 2.21. The van der Waals surface area contributed by atoms with Gasteiger partial charge in [-0.3, -0.25) is 9.10 Å². The van der Waals surface area contributed by atoms with Crippen molar-refractivity contribution < 1.29 is 13.2 Å². The zero-order chi connectivity index (χ0) is 26.7. The molecule has 0 saturated heterocycles. The fourth-order valence-corrected chi connectivity index (χ4v) is 5.57. The van der Waals surface area contributed by atoms with Gasteiger partial charge in [0.1, 0.15) is 0 Å². The summed E-state index contributed by atoms with van der Waals surface area (Å²) in [5, 5.41) is 4.16. The lowest BCUT2D eigenvalue weighted by Gasteiger charge is -2.19. The van der Waals surface area contributed by atoms with E-state index in [9.17, 15) is 13.2 Å². The highest BCUT2D eigenvalue weighted by atomic mass is 32.2. The monoisotopic (exact) mass is 514 g/mol. The van der Waals surface area contributed by atoms with Crippen molar-refractivity contribution in [3.8, 4) is 5.69 Å². The SMILES string of the molecule is Cc1cccc(C)c1-n1c(C)cc(/C=N\NC(=O)c2ccc(N(C)S(=O)(=O)c3ccccc3)cc2)c1C. The lowest BCUT2D eigenvalue weighted by molar-refractivity contribution is 0.0955. The summed E-state index contributed by atoms with van der Waals surface area (Å²) in [6, 6.07) is 22.8. The molecule has 0 spiro atoms. The van der Waals surface area contributed by atoms with E-state index in [0.717, 1.165) is 22.6 Å². The second-order valence-corrected chi connectivity index (χ2v) is 10.9. The van der Waals surface area contributed by atoms with Crippen molar-refractivity contribution in [2.24, 2.45) is 5.10 Å². The lowest BCUT2D eigenvalue weighted by atomic mass is 10.1. The van der Waals surface area contributed by atoms with Gasteiger partial charge < -0.3 is 4.57 Å². The molecule has 0 atom stereocenters. The zero-order valence-electron chi connectivity index (χ0n) is 21.6. The first-order valence-corrected chi connectivity index (χ1v) is 13.3. The predicted molar refractivity (Wildman–Crippen MR) is 148 cm³/mol. The number of aromatic nitrogens is 1. The minimum atomic E-state index is -3.69. The number of nitrogens with zero attached hydrogens (tertiary/aromatic N) is 3. The summed E-state index contributed by atoms with van der Waals surface area (Å²) in [6.07, 6.45) is 1.64. The molecule has 4 aromatic rings. The quantitative estimate of drug-likeness (QED) is 0.268. The minimum Gasteiger partial charge on any atom is -0.317 e. The summed E-state index contributed by atoms with van der Waals surface area (Å²) >= 11 is 0. The molecule has 0 bridgehead atoms. The number of carbonyl (C=O) groups is 1. The molecule has 0 aliphatic heterocycles. The van der Waals surface area contributed by atoms with Crippen LogP contribution in [0.3, 0.4) is 0 Å². The maximum Gasteiger partial charge on any atom is 0.271 e. The van der Waals surface area contributed by atoms with Crippen LogP contribution >= 0.6 is 0 Å². The van der Waals surface area contributed by atoms with Crippen LogP contribution in [0.25, 0.3) is 5.69 Å². The summed E-state index contributed by atoms with van der Waals surface area (Å²) in [4.78, 5) is 12.8. The van der Waals surface area contributed by atoms with Crippen molar-refractivity contribution >= 4 is 27.8 Å². The molecule has 190 valence electrons. The Balaban J connectivity index is 1.47. The van der Waals surface area contributed by atoms with Gasteiger partial charge >= 0.3 is 0 Å². The topological polar surface area (TPSA) is 83.8 Å². The van der Waals surface area contributed by atoms with E-state index in [4.69, 9.17) is 0 Å². The number of hydrogen-bond acceptors (Lipinski definition) is 4. The van der Waals surface area contributed by atoms with Crippen LogP contribution in [0.2, 0.25) is 0 Å². The molecular formula is C29H30N4O3S. The number of rotatable bonds is 7. The van der Waals surface area contributed by atoms with Gasteiger partial charge in [0.15, 0.2) is 0 Å². The molecule has 0 fully saturated rings. The first kappa shape index (κ1) is 25.9. The van der Waals surface area contributed by atoms with E-state index in [1.165, 1.54) is 22.5 Å². The van der Waals surface area contributed by atoms with Crippen molar-refractivity contribution in [2.45, 2.75) is 32.6 Å². The van der Waals surface area contributed by atoms with Gasteiger partial charge in [0.2, 0.25) is 0 Å². The maximum atomic E-state index is 12.8. The second kappa shape index (κ2) is 10.4. The number of aryl methyl sites for hydroxylation is 3. The fraction of sp³-hybridized carbons (Fsp3) is 0.172. The van der Waals surface area contributed by atoms with Crippen molar-refractivity contribution in [2.75, 3.05) is 11.4 Å². The van der Waals surface area contributed by atoms with Gasteiger partial charge in [-0.15, -0.1) is 0 Å². The van der Waals surface area contributed by atoms with E-state index in [-0.39, 0.29) is 10.8 Å². The largest absolute Gasteiger partial charge is 0.317 e. The smallest absolute Gasteiger partial charge is 0.271 e. The number of carbonyl (C=O) groups excluding carboxylic acids is 1. The third-order valence-corrected chi connectivity index (χ3v) is 8.20. The van der Waals surface area contributed by atoms with Gasteiger partial charge in [-0.2, -0.15) is 5.10 Å². The Morgan fingerprint density at radius 3 is 2.14 bits per heavy atom. The number of para-hydroxylation sites is 1. The maximum absolute atomic E-state index is 12.8. The molecule has 0 aliphatic carbocycles. The first-order valence-electron chi connectivity index (χ1n) is 11.8. The van der Waals surface area contributed by atoms with E-state index in [1.807, 2.05) is 26.0 Å². The van der Waals surface area contributed by atoms with Crippen molar-refractivity contribution in [1.82, 2.24) is 9.99 Å². The number of benzene rings is 3. The van der Waals surface area contributed by atoms with Gasteiger partial charge in [0, 0.05) is 29.6 Å².